The van der Waals surface area contributed by atoms with Gasteiger partial charge in [-0.25, -0.2) is 4.98 Å². The number of oxazole rings is 1. The number of nitrogens with zero attached hydrogens (tertiary/aromatic N) is 1. The van der Waals surface area contributed by atoms with Crippen molar-refractivity contribution >= 4 is 41.2 Å². The molecule has 0 bridgehead atoms. The van der Waals surface area contributed by atoms with E-state index in [0.29, 0.717) is 5.92 Å². The molecule has 0 N–H and O–H groups in total. The maximum absolute atomic E-state index is 6.18. The van der Waals surface area contributed by atoms with Crippen molar-refractivity contribution in [1.82, 2.24) is 4.98 Å². The van der Waals surface area contributed by atoms with Crippen molar-refractivity contribution in [2.75, 3.05) is 0 Å². The average Bonchev–Trinajstić information content (AvgIpc) is 3.13. The van der Waals surface area contributed by atoms with Crippen LogP contribution in [0.4, 0.5) is 0 Å². The molecule has 0 spiro atoms. The van der Waals surface area contributed by atoms with Gasteiger partial charge in [-0.15, -0.1) is 11.3 Å². The van der Waals surface area contributed by atoms with Gasteiger partial charge in [0.25, 0.3) is 0 Å². The number of benzene rings is 1. The largest absolute Gasteiger partial charge is 0.445 e. The Labute approximate surface area is 137 Å². The number of aromatic nitrogens is 1. The topological polar surface area (TPSA) is 26.0 Å². The summed E-state index contributed by atoms with van der Waals surface area (Å²) in [6.45, 7) is 11.3. The Balaban J connectivity index is 2.04. The van der Waals surface area contributed by atoms with Crippen LogP contribution in [0.25, 0.3) is 11.1 Å². The summed E-state index contributed by atoms with van der Waals surface area (Å²) in [6.07, 6.45) is 1.10. The standard InChI is InChI=1S/C18H23NOSSi/c1-6-14-10-15(11-21-14)22(4,5)18-19-16-8-7-13(12(2)3)9-17(16)20-18/h7-12H,6H2,1-5H3. The fourth-order valence-corrected chi connectivity index (χ4v) is 6.30. The van der Waals surface area contributed by atoms with E-state index in [4.69, 9.17) is 9.40 Å². The molecule has 0 aliphatic carbocycles. The quantitative estimate of drug-likeness (QED) is 0.663. The van der Waals surface area contributed by atoms with E-state index in [-0.39, 0.29) is 0 Å². The monoisotopic (exact) mass is 329 g/mol. The zero-order chi connectivity index (χ0) is 15.9. The molecule has 22 heavy (non-hydrogen) atoms. The molecule has 0 fully saturated rings. The lowest BCUT2D eigenvalue weighted by atomic mass is 10.0. The van der Waals surface area contributed by atoms with E-state index in [0.717, 1.165) is 23.0 Å². The Morgan fingerprint density at radius 2 is 2.00 bits per heavy atom. The molecule has 1 aromatic carbocycles. The number of fused-ring (bicyclic) bond motifs is 1. The summed E-state index contributed by atoms with van der Waals surface area (Å²) in [4.78, 5) is 6.23. The van der Waals surface area contributed by atoms with Crippen molar-refractivity contribution < 1.29 is 4.42 Å². The lowest BCUT2D eigenvalue weighted by Gasteiger charge is -2.16. The summed E-state index contributed by atoms with van der Waals surface area (Å²) in [7, 11) is -1.85. The molecule has 0 unspecified atom stereocenters. The molecule has 4 heteroatoms. The molecule has 3 rings (SSSR count). The molecule has 0 aliphatic heterocycles. The number of hydrogen-bond acceptors (Lipinski definition) is 3. The minimum atomic E-state index is -1.85. The zero-order valence-corrected chi connectivity index (χ0v) is 15.8. The average molecular weight is 330 g/mol. The van der Waals surface area contributed by atoms with E-state index in [1.165, 1.54) is 15.6 Å². The molecule has 116 valence electrons. The fraction of sp³-hybridized carbons (Fsp3) is 0.389. The van der Waals surface area contributed by atoms with Gasteiger partial charge >= 0.3 is 0 Å². The second kappa shape index (κ2) is 5.67. The lowest BCUT2D eigenvalue weighted by Crippen LogP contribution is -2.53. The van der Waals surface area contributed by atoms with Crippen LogP contribution in [0.15, 0.2) is 34.1 Å². The van der Waals surface area contributed by atoms with Gasteiger partial charge in [0.1, 0.15) is 5.52 Å². The molecule has 3 aromatic rings. The van der Waals surface area contributed by atoms with Crippen molar-refractivity contribution in [3.8, 4) is 0 Å². The van der Waals surface area contributed by atoms with E-state index in [1.54, 1.807) is 0 Å². The van der Waals surface area contributed by atoms with Crippen molar-refractivity contribution in [3.63, 3.8) is 0 Å². The smallest absolute Gasteiger partial charge is 0.182 e. The Morgan fingerprint density at radius 1 is 1.23 bits per heavy atom. The third-order valence-electron chi connectivity index (χ3n) is 4.34. The summed E-state index contributed by atoms with van der Waals surface area (Å²) in [6, 6.07) is 8.73. The van der Waals surface area contributed by atoms with Gasteiger partial charge in [0.2, 0.25) is 0 Å². The molecule has 0 atom stereocenters. The van der Waals surface area contributed by atoms with Crippen LogP contribution in [-0.2, 0) is 6.42 Å². The van der Waals surface area contributed by atoms with Crippen molar-refractivity contribution in [2.24, 2.45) is 0 Å². The van der Waals surface area contributed by atoms with Gasteiger partial charge in [0.05, 0.1) is 0 Å². The van der Waals surface area contributed by atoms with Crippen molar-refractivity contribution in [1.29, 1.82) is 0 Å². The zero-order valence-electron chi connectivity index (χ0n) is 13.9. The van der Waals surface area contributed by atoms with Gasteiger partial charge in [-0.1, -0.05) is 39.9 Å². The lowest BCUT2D eigenvalue weighted by molar-refractivity contribution is 0.638. The van der Waals surface area contributed by atoms with E-state index in [2.05, 4.69) is 63.5 Å². The first-order valence-corrected chi connectivity index (χ1v) is 11.8. The van der Waals surface area contributed by atoms with Crippen LogP contribution in [0.3, 0.4) is 0 Å². The minimum absolute atomic E-state index is 0.507. The van der Waals surface area contributed by atoms with Crippen LogP contribution in [0.1, 0.15) is 37.1 Å². The van der Waals surface area contributed by atoms with E-state index in [1.807, 2.05) is 11.3 Å². The molecule has 2 aromatic heterocycles. The molecular formula is C18H23NOSSi. The molecule has 0 amide bonds. The van der Waals surface area contributed by atoms with Crippen molar-refractivity contribution in [2.45, 2.75) is 46.2 Å². The normalized spacial score (nSPS) is 12.5. The highest BCUT2D eigenvalue weighted by Gasteiger charge is 2.33. The van der Waals surface area contributed by atoms with E-state index in [9.17, 15) is 0 Å². The first-order chi connectivity index (χ1) is 10.4. The van der Waals surface area contributed by atoms with E-state index < -0.39 is 8.07 Å². The first-order valence-electron chi connectivity index (χ1n) is 7.90. The SMILES string of the molecule is CCc1cc([Si](C)(C)c2nc3ccc(C(C)C)cc3o2)cs1. The Morgan fingerprint density at radius 3 is 2.64 bits per heavy atom. The van der Waals surface area contributed by atoms with Gasteiger partial charge < -0.3 is 4.42 Å². The molecular weight excluding hydrogens is 306 g/mol. The first kappa shape index (κ1) is 15.5. The summed E-state index contributed by atoms with van der Waals surface area (Å²) in [5, 5.41) is 3.71. The highest BCUT2D eigenvalue weighted by Crippen LogP contribution is 2.21. The highest BCUT2D eigenvalue weighted by molar-refractivity contribution is 7.13. The number of thiophene rings is 1. The third-order valence-corrected chi connectivity index (χ3v) is 8.64. The van der Waals surface area contributed by atoms with Crippen molar-refractivity contribution in [3.05, 3.63) is 40.1 Å². The second-order valence-electron chi connectivity index (χ2n) is 6.68. The Hall–Kier alpha value is -1.39. The molecule has 0 radical (unpaired) electrons. The van der Waals surface area contributed by atoms with Crippen LogP contribution in [0, 0.1) is 0 Å². The number of aryl methyl sites for hydroxylation is 1. The molecule has 0 aliphatic rings. The Bertz CT molecular complexity index is 800. The predicted molar refractivity (Wildman–Crippen MR) is 98.5 cm³/mol. The van der Waals surface area contributed by atoms with Gasteiger partial charge in [0, 0.05) is 4.88 Å². The summed E-state index contributed by atoms with van der Waals surface area (Å²) >= 11 is 1.85. The maximum atomic E-state index is 6.18. The molecule has 2 heterocycles. The fourth-order valence-electron chi connectivity index (χ4n) is 2.58. The summed E-state index contributed by atoms with van der Waals surface area (Å²) in [5.74, 6) is 0.507. The molecule has 0 saturated carbocycles. The predicted octanol–water partition coefficient (Wildman–Crippen LogP) is 4.40. The number of rotatable bonds is 4. The molecule has 0 saturated heterocycles. The number of hydrogen-bond donors (Lipinski definition) is 0. The highest BCUT2D eigenvalue weighted by atomic mass is 32.1. The van der Waals surface area contributed by atoms with Crippen LogP contribution in [0.5, 0.6) is 0 Å². The molecule has 2 nitrogen and oxygen atoms in total. The van der Waals surface area contributed by atoms with Crippen LogP contribution in [0.2, 0.25) is 13.1 Å². The van der Waals surface area contributed by atoms with Gasteiger partial charge in [-0.05, 0) is 46.7 Å². The summed E-state index contributed by atoms with van der Waals surface area (Å²) in [5.41, 5.74) is 4.14. The van der Waals surface area contributed by atoms with Gasteiger partial charge in [0.15, 0.2) is 19.2 Å². The summed E-state index contributed by atoms with van der Waals surface area (Å²) < 4.78 is 6.18. The van der Waals surface area contributed by atoms with Gasteiger partial charge in [-0.3, -0.25) is 0 Å². The van der Waals surface area contributed by atoms with Crippen LogP contribution >= 0.6 is 11.3 Å². The Kier molecular flexibility index (Phi) is 3.99. The third kappa shape index (κ3) is 2.66. The van der Waals surface area contributed by atoms with Crippen LogP contribution < -0.4 is 10.7 Å². The minimum Gasteiger partial charge on any atom is -0.445 e. The van der Waals surface area contributed by atoms with Gasteiger partial charge in [-0.2, -0.15) is 0 Å². The maximum Gasteiger partial charge on any atom is 0.182 e. The second-order valence-corrected chi connectivity index (χ2v) is 11.9. The van der Waals surface area contributed by atoms with E-state index >= 15 is 0 Å². The van der Waals surface area contributed by atoms with Crippen LogP contribution in [-0.4, -0.2) is 13.1 Å².